The van der Waals surface area contributed by atoms with E-state index >= 15 is 0 Å². The molecule has 1 aromatic rings. The Morgan fingerprint density at radius 3 is 2.00 bits per heavy atom. The third kappa shape index (κ3) is 2.97. The number of nitrogens with two attached hydrogens (primary N) is 2. The quantitative estimate of drug-likeness (QED) is 0.641. The molecule has 0 saturated heterocycles. The Bertz CT molecular complexity index is 340. The van der Waals surface area contributed by atoms with Gasteiger partial charge in [-0.05, 0) is 6.92 Å². The van der Waals surface area contributed by atoms with Crippen molar-refractivity contribution in [1.82, 2.24) is 0 Å². The first-order chi connectivity index (χ1) is 6.86. The standard InChI is InChI=1S/C9H11Cl3N2O/c1-2-15-5-3-6(13)8(7(14)4-5)9(10,11)12/h3-4H,2,13-14H2,1H3. The number of nitrogen functional groups attached to an aromatic ring is 2. The van der Waals surface area contributed by atoms with Crippen molar-refractivity contribution in [1.29, 1.82) is 0 Å². The van der Waals surface area contributed by atoms with Gasteiger partial charge in [-0.2, -0.15) is 0 Å². The molecule has 1 aromatic carbocycles. The van der Waals surface area contributed by atoms with Crippen LogP contribution in [-0.4, -0.2) is 6.61 Å². The van der Waals surface area contributed by atoms with Gasteiger partial charge in [0.2, 0.25) is 3.79 Å². The van der Waals surface area contributed by atoms with E-state index in [-0.39, 0.29) is 5.56 Å². The Hall–Kier alpha value is -0.510. The lowest BCUT2D eigenvalue weighted by Crippen LogP contribution is -2.10. The highest BCUT2D eigenvalue weighted by molar-refractivity contribution is 6.67. The molecule has 0 fully saturated rings. The zero-order chi connectivity index (χ0) is 11.6. The summed E-state index contributed by atoms with van der Waals surface area (Å²) < 4.78 is 3.62. The first kappa shape index (κ1) is 12.6. The summed E-state index contributed by atoms with van der Waals surface area (Å²) >= 11 is 17.2. The molecule has 0 unspecified atom stereocenters. The van der Waals surface area contributed by atoms with Gasteiger partial charge in [-0.1, -0.05) is 34.8 Å². The molecule has 0 saturated carbocycles. The molecule has 0 aliphatic heterocycles. The van der Waals surface area contributed by atoms with Crippen LogP contribution >= 0.6 is 34.8 Å². The van der Waals surface area contributed by atoms with E-state index in [0.717, 1.165) is 0 Å². The summed E-state index contributed by atoms with van der Waals surface area (Å²) in [4.78, 5) is 0. The zero-order valence-corrected chi connectivity index (χ0v) is 10.3. The van der Waals surface area contributed by atoms with E-state index < -0.39 is 3.79 Å². The minimum absolute atomic E-state index is 0.288. The summed E-state index contributed by atoms with van der Waals surface area (Å²) in [6.45, 7) is 2.38. The van der Waals surface area contributed by atoms with Gasteiger partial charge in [0.25, 0.3) is 0 Å². The Morgan fingerprint density at radius 2 is 1.67 bits per heavy atom. The molecule has 15 heavy (non-hydrogen) atoms. The molecular weight excluding hydrogens is 258 g/mol. The maximum absolute atomic E-state index is 5.73. The maximum Gasteiger partial charge on any atom is 0.219 e. The SMILES string of the molecule is CCOc1cc(N)c(C(Cl)(Cl)Cl)c(N)c1. The van der Waals surface area contributed by atoms with Gasteiger partial charge in [0.15, 0.2) is 0 Å². The van der Waals surface area contributed by atoms with E-state index in [2.05, 4.69) is 0 Å². The van der Waals surface area contributed by atoms with E-state index in [4.69, 9.17) is 51.0 Å². The molecule has 0 heterocycles. The predicted molar refractivity (Wildman–Crippen MR) is 65.7 cm³/mol. The second-order valence-corrected chi connectivity index (χ2v) is 5.19. The van der Waals surface area contributed by atoms with Gasteiger partial charge in [-0.3, -0.25) is 0 Å². The van der Waals surface area contributed by atoms with Crippen LogP contribution in [0, 0.1) is 0 Å². The maximum atomic E-state index is 5.73. The molecule has 3 nitrogen and oxygen atoms in total. The van der Waals surface area contributed by atoms with Crippen molar-refractivity contribution in [3.8, 4) is 5.75 Å². The smallest absolute Gasteiger partial charge is 0.219 e. The fourth-order valence-electron chi connectivity index (χ4n) is 1.24. The summed E-state index contributed by atoms with van der Waals surface area (Å²) in [6.07, 6.45) is 0. The van der Waals surface area contributed by atoms with Crippen molar-refractivity contribution in [2.24, 2.45) is 0 Å². The number of rotatable bonds is 2. The molecule has 0 amide bonds. The van der Waals surface area contributed by atoms with Gasteiger partial charge in [0.1, 0.15) is 5.75 Å². The molecule has 6 heteroatoms. The van der Waals surface area contributed by atoms with Crippen molar-refractivity contribution in [2.75, 3.05) is 18.1 Å². The van der Waals surface area contributed by atoms with Gasteiger partial charge in [0.05, 0.1) is 6.61 Å². The van der Waals surface area contributed by atoms with Crippen LogP contribution < -0.4 is 16.2 Å². The number of halogens is 3. The minimum atomic E-state index is -1.63. The van der Waals surface area contributed by atoms with Crippen molar-refractivity contribution in [2.45, 2.75) is 10.7 Å². The summed E-state index contributed by atoms with van der Waals surface area (Å²) in [6, 6.07) is 3.16. The third-order valence-electron chi connectivity index (χ3n) is 1.77. The average Bonchev–Trinajstić information content (AvgIpc) is 1.99. The van der Waals surface area contributed by atoms with Gasteiger partial charge >= 0.3 is 0 Å². The highest BCUT2D eigenvalue weighted by Gasteiger charge is 2.28. The second kappa shape index (κ2) is 4.56. The first-order valence-corrected chi connectivity index (χ1v) is 5.38. The monoisotopic (exact) mass is 268 g/mol. The molecule has 4 N–H and O–H groups in total. The molecule has 0 aliphatic rings. The molecular formula is C9H11Cl3N2O. The molecule has 84 valence electrons. The van der Waals surface area contributed by atoms with Crippen LogP contribution in [0.25, 0.3) is 0 Å². The van der Waals surface area contributed by atoms with E-state index in [1.807, 2.05) is 6.92 Å². The van der Waals surface area contributed by atoms with Gasteiger partial charge < -0.3 is 16.2 Å². The summed E-state index contributed by atoms with van der Waals surface area (Å²) in [7, 11) is 0. The summed E-state index contributed by atoms with van der Waals surface area (Å²) in [5.74, 6) is 0.561. The topological polar surface area (TPSA) is 61.3 Å². The number of benzene rings is 1. The fraction of sp³-hybridized carbons (Fsp3) is 0.333. The van der Waals surface area contributed by atoms with Gasteiger partial charge in [-0.15, -0.1) is 0 Å². The average molecular weight is 270 g/mol. The second-order valence-electron chi connectivity index (χ2n) is 2.91. The van der Waals surface area contributed by atoms with Crippen LogP contribution in [0.4, 0.5) is 11.4 Å². The number of ether oxygens (including phenoxy) is 1. The van der Waals surface area contributed by atoms with E-state index in [9.17, 15) is 0 Å². The summed E-state index contributed by atoms with van der Waals surface area (Å²) in [5, 5.41) is 0. The lowest BCUT2D eigenvalue weighted by atomic mass is 10.1. The van der Waals surface area contributed by atoms with Crippen LogP contribution in [0.3, 0.4) is 0 Å². The third-order valence-corrected chi connectivity index (χ3v) is 2.33. The Balaban J connectivity index is 3.22. The van der Waals surface area contributed by atoms with Crippen LogP contribution in [-0.2, 0) is 3.79 Å². The molecule has 0 bridgehead atoms. The van der Waals surface area contributed by atoms with Crippen LogP contribution in [0.5, 0.6) is 5.75 Å². The van der Waals surface area contributed by atoms with Gasteiger partial charge in [-0.25, -0.2) is 0 Å². The highest BCUT2D eigenvalue weighted by Crippen LogP contribution is 2.45. The molecule has 1 rings (SSSR count). The Kier molecular flexibility index (Phi) is 3.82. The highest BCUT2D eigenvalue weighted by atomic mass is 35.6. The van der Waals surface area contributed by atoms with Crippen molar-refractivity contribution in [3.63, 3.8) is 0 Å². The summed E-state index contributed by atoms with van der Waals surface area (Å²) in [5.41, 5.74) is 12.3. The normalized spacial score (nSPS) is 11.5. The Morgan fingerprint density at radius 1 is 1.20 bits per heavy atom. The van der Waals surface area contributed by atoms with E-state index in [1.54, 1.807) is 12.1 Å². The number of hydrogen-bond acceptors (Lipinski definition) is 3. The zero-order valence-electron chi connectivity index (χ0n) is 8.06. The van der Waals surface area contributed by atoms with Crippen molar-refractivity contribution < 1.29 is 4.74 Å². The predicted octanol–water partition coefficient (Wildman–Crippen LogP) is 3.08. The molecule has 0 radical (unpaired) electrons. The molecule has 0 spiro atoms. The number of alkyl halides is 3. The number of hydrogen-bond donors (Lipinski definition) is 2. The lowest BCUT2D eigenvalue weighted by Gasteiger charge is -2.17. The van der Waals surface area contributed by atoms with E-state index in [1.165, 1.54) is 0 Å². The van der Waals surface area contributed by atoms with Crippen LogP contribution in [0.1, 0.15) is 12.5 Å². The van der Waals surface area contributed by atoms with Crippen LogP contribution in [0.15, 0.2) is 12.1 Å². The van der Waals surface area contributed by atoms with E-state index in [0.29, 0.717) is 23.7 Å². The molecule has 0 aromatic heterocycles. The van der Waals surface area contributed by atoms with Crippen LogP contribution in [0.2, 0.25) is 0 Å². The van der Waals surface area contributed by atoms with Gasteiger partial charge in [0, 0.05) is 29.1 Å². The Labute approximate surface area is 103 Å². The molecule has 0 atom stereocenters. The first-order valence-electron chi connectivity index (χ1n) is 4.25. The molecule has 0 aliphatic carbocycles. The number of anilines is 2. The largest absolute Gasteiger partial charge is 0.494 e. The van der Waals surface area contributed by atoms with Crippen molar-refractivity contribution in [3.05, 3.63) is 17.7 Å². The van der Waals surface area contributed by atoms with Crippen molar-refractivity contribution >= 4 is 46.2 Å². The fourth-order valence-corrected chi connectivity index (χ4v) is 1.89. The lowest BCUT2D eigenvalue weighted by molar-refractivity contribution is 0.340. The minimum Gasteiger partial charge on any atom is -0.494 e.